The van der Waals surface area contributed by atoms with Crippen molar-refractivity contribution in [3.05, 3.63) is 40.6 Å². The van der Waals surface area contributed by atoms with Crippen LogP contribution in [0, 0.1) is 0 Å². The van der Waals surface area contributed by atoms with Gasteiger partial charge in [0, 0.05) is 12.1 Å². The van der Waals surface area contributed by atoms with E-state index >= 15 is 0 Å². The summed E-state index contributed by atoms with van der Waals surface area (Å²) in [6.45, 7) is 0. The van der Waals surface area contributed by atoms with E-state index in [9.17, 15) is 4.79 Å². The van der Waals surface area contributed by atoms with E-state index in [0.29, 0.717) is 11.4 Å². The highest BCUT2D eigenvalue weighted by Gasteiger charge is 2.00. The lowest BCUT2D eigenvalue weighted by atomic mass is 10.3. The normalized spacial score (nSPS) is 11.5. The number of allylic oxidation sites excluding steroid dienone is 1. The van der Waals surface area contributed by atoms with Crippen molar-refractivity contribution < 1.29 is 0 Å². The molecule has 5 heteroatoms. The lowest BCUT2D eigenvalue weighted by Gasteiger charge is -1.87. The molecule has 0 aliphatic rings. The molecule has 2 heterocycles. The predicted octanol–water partition coefficient (Wildman–Crippen LogP) is 1.27. The molecule has 0 aliphatic heterocycles. The van der Waals surface area contributed by atoms with Gasteiger partial charge >= 0.3 is 0 Å². The average Bonchev–Trinajstić information content (AvgIpc) is 2.59. The molecule has 0 bridgehead atoms. The van der Waals surface area contributed by atoms with Gasteiger partial charge in [0.15, 0.2) is 0 Å². The van der Waals surface area contributed by atoms with E-state index < -0.39 is 0 Å². The largest absolute Gasteiger partial charge is 0.310 e. The number of nitrogens with one attached hydrogen (secondary N) is 1. The van der Waals surface area contributed by atoms with Gasteiger partial charge in [0.05, 0.1) is 0 Å². The van der Waals surface area contributed by atoms with E-state index in [-0.39, 0.29) is 5.56 Å². The highest BCUT2D eigenvalue weighted by atomic mass is 35.5. The van der Waals surface area contributed by atoms with Crippen molar-refractivity contribution in [2.45, 2.75) is 0 Å². The average molecular weight is 210 g/mol. The first-order valence-electron chi connectivity index (χ1n) is 4.10. The molecule has 0 saturated carbocycles. The van der Waals surface area contributed by atoms with Crippen molar-refractivity contribution in [2.24, 2.45) is 0 Å². The second-order valence-corrected chi connectivity index (χ2v) is 3.09. The van der Waals surface area contributed by atoms with Gasteiger partial charge in [0.1, 0.15) is 11.8 Å². The van der Waals surface area contributed by atoms with Crippen molar-refractivity contribution in [1.82, 2.24) is 14.6 Å². The fourth-order valence-electron chi connectivity index (χ4n) is 1.23. The number of rotatable bonds is 2. The predicted molar refractivity (Wildman–Crippen MR) is 55.6 cm³/mol. The van der Waals surface area contributed by atoms with Crippen LogP contribution in [-0.4, -0.2) is 20.5 Å². The summed E-state index contributed by atoms with van der Waals surface area (Å²) in [5.74, 6) is 0.454. The van der Waals surface area contributed by atoms with Crippen LogP contribution >= 0.6 is 11.6 Å². The third kappa shape index (κ3) is 1.56. The van der Waals surface area contributed by atoms with Gasteiger partial charge in [-0.3, -0.25) is 4.79 Å². The van der Waals surface area contributed by atoms with Crippen LogP contribution in [-0.2, 0) is 0 Å². The highest BCUT2D eigenvalue weighted by molar-refractivity contribution is 6.19. The topological polar surface area (TPSA) is 50.2 Å². The Bertz CT molecular complexity index is 526. The maximum Gasteiger partial charge on any atom is 0.275 e. The van der Waals surface area contributed by atoms with Gasteiger partial charge in [-0.1, -0.05) is 12.2 Å². The third-order valence-corrected chi connectivity index (χ3v) is 2.01. The van der Waals surface area contributed by atoms with Crippen LogP contribution in [0.25, 0.3) is 11.6 Å². The van der Waals surface area contributed by atoms with Gasteiger partial charge in [-0.05, 0) is 11.6 Å². The van der Waals surface area contributed by atoms with Gasteiger partial charge < -0.3 is 4.98 Å². The zero-order valence-electron chi connectivity index (χ0n) is 7.27. The summed E-state index contributed by atoms with van der Waals surface area (Å²) >= 11 is 5.50. The number of hydrogen-bond acceptors (Lipinski definition) is 2. The van der Waals surface area contributed by atoms with Crippen LogP contribution in [0.3, 0.4) is 0 Å². The Morgan fingerprint density at radius 3 is 3.21 bits per heavy atom. The molecule has 2 rings (SSSR count). The van der Waals surface area contributed by atoms with E-state index in [4.69, 9.17) is 11.6 Å². The van der Waals surface area contributed by atoms with Crippen molar-refractivity contribution in [3.63, 3.8) is 0 Å². The standard InChI is InChI=1S/C9H8ClN3O/c10-3-1-2-7-4-8-9(14)11-6-12-13(8)5-7/h1-2,4-6H,3H2,(H,11,12,14). The van der Waals surface area contributed by atoms with Crippen molar-refractivity contribution in [1.29, 1.82) is 0 Å². The zero-order valence-corrected chi connectivity index (χ0v) is 8.03. The number of alkyl halides is 1. The van der Waals surface area contributed by atoms with Gasteiger partial charge in [-0.25, -0.2) is 4.52 Å². The van der Waals surface area contributed by atoms with Gasteiger partial charge in [0.2, 0.25) is 0 Å². The van der Waals surface area contributed by atoms with E-state index in [1.807, 2.05) is 12.2 Å². The highest BCUT2D eigenvalue weighted by Crippen LogP contribution is 2.06. The minimum atomic E-state index is -0.148. The molecule has 0 atom stereocenters. The number of nitrogens with zero attached hydrogens (tertiary/aromatic N) is 2. The maximum absolute atomic E-state index is 11.3. The smallest absolute Gasteiger partial charge is 0.275 e. The molecule has 0 unspecified atom stereocenters. The Morgan fingerprint density at radius 2 is 2.50 bits per heavy atom. The second kappa shape index (κ2) is 3.67. The van der Waals surface area contributed by atoms with Gasteiger partial charge in [-0.2, -0.15) is 5.10 Å². The quantitative estimate of drug-likeness (QED) is 0.758. The van der Waals surface area contributed by atoms with Crippen molar-refractivity contribution in [2.75, 3.05) is 5.88 Å². The van der Waals surface area contributed by atoms with E-state index in [1.165, 1.54) is 10.8 Å². The van der Waals surface area contributed by atoms with Crippen LogP contribution in [0.4, 0.5) is 0 Å². The van der Waals surface area contributed by atoms with E-state index in [2.05, 4.69) is 10.1 Å². The van der Waals surface area contributed by atoms with Crippen LogP contribution in [0.5, 0.6) is 0 Å². The maximum atomic E-state index is 11.3. The molecular formula is C9H8ClN3O. The molecule has 14 heavy (non-hydrogen) atoms. The molecule has 2 aromatic rings. The number of H-pyrrole nitrogens is 1. The first-order valence-corrected chi connectivity index (χ1v) is 4.63. The molecule has 0 saturated heterocycles. The number of aromatic nitrogens is 3. The number of aromatic amines is 1. The summed E-state index contributed by atoms with van der Waals surface area (Å²) in [6, 6.07) is 1.76. The first kappa shape index (κ1) is 9.02. The molecule has 4 nitrogen and oxygen atoms in total. The van der Waals surface area contributed by atoms with Crippen LogP contribution in [0.2, 0.25) is 0 Å². The van der Waals surface area contributed by atoms with Crippen LogP contribution in [0.1, 0.15) is 5.56 Å². The molecule has 1 N–H and O–H groups in total. The van der Waals surface area contributed by atoms with E-state index in [1.54, 1.807) is 12.3 Å². The molecule has 0 fully saturated rings. The number of hydrogen-bond donors (Lipinski definition) is 1. The van der Waals surface area contributed by atoms with Crippen molar-refractivity contribution in [3.8, 4) is 0 Å². The minimum Gasteiger partial charge on any atom is -0.310 e. The SMILES string of the molecule is O=c1[nH]cnn2cc(C=CCCl)cc12. The Hall–Kier alpha value is -1.55. The Balaban J connectivity index is 2.57. The summed E-state index contributed by atoms with van der Waals surface area (Å²) in [5, 5.41) is 3.97. The third-order valence-electron chi connectivity index (χ3n) is 1.83. The first-order chi connectivity index (χ1) is 6.81. The minimum absolute atomic E-state index is 0.148. The fraction of sp³-hybridized carbons (Fsp3) is 0.111. The lowest BCUT2D eigenvalue weighted by Crippen LogP contribution is -2.09. The molecule has 0 radical (unpaired) electrons. The number of halogens is 1. The van der Waals surface area contributed by atoms with Crippen LogP contribution in [0.15, 0.2) is 29.5 Å². The molecule has 72 valence electrons. The summed E-state index contributed by atoms with van der Waals surface area (Å²) < 4.78 is 1.53. The van der Waals surface area contributed by atoms with Crippen molar-refractivity contribution >= 4 is 23.2 Å². The summed E-state index contributed by atoms with van der Waals surface area (Å²) in [6.07, 6.45) is 6.80. The summed E-state index contributed by atoms with van der Waals surface area (Å²) in [5.41, 5.74) is 1.29. The summed E-state index contributed by atoms with van der Waals surface area (Å²) in [4.78, 5) is 13.8. The Labute approximate surface area is 84.8 Å². The monoisotopic (exact) mass is 209 g/mol. The molecule has 0 spiro atoms. The Kier molecular flexibility index (Phi) is 2.37. The fourth-order valence-corrected chi connectivity index (χ4v) is 1.32. The number of fused-ring (bicyclic) bond motifs is 1. The molecule has 0 aromatic carbocycles. The summed E-state index contributed by atoms with van der Waals surface area (Å²) in [7, 11) is 0. The lowest BCUT2D eigenvalue weighted by molar-refractivity contribution is 0.888. The molecule has 0 amide bonds. The molecule has 2 aromatic heterocycles. The van der Waals surface area contributed by atoms with Crippen LogP contribution < -0.4 is 5.56 Å². The van der Waals surface area contributed by atoms with Gasteiger partial charge in [-0.15, -0.1) is 11.6 Å². The Morgan fingerprint density at radius 1 is 1.64 bits per heavy atom. The zero-order chi connectivity index (χ0) is 9.97. The van der Waals surface area contributed by atoms with E-state index in [0.717, 1.165) is 5.56 Å². The second-order valence-electron chi connectivity index (χ2n) is 2.78. The molecular weight excluding hydrogens is 202 g/mol. The van der Waals surface area contributed by atoms with Gasteiger partial charge in [0.25, 0.3) is 5.56 Å². The molecule has 0 aliphatic carbocycles.